The minimum absolute atomic E-state index is 0.304. The van der Waals surface area contributed by atoms with Gasteiger partial charge in [0.2, 0.25) is 5.95 Å². The molecule has 122 valence electrons. The van der Waals surface area contributed by atoms with E-state index in [2.05, 4.69) is 35.6 Å². The zero-order valence-corrected chi connectivity index (χ0v) is 14.1. The lowest BCUT2D eigenvalue weighted by atomic mass is 9.90. The Bertz CT molecular complexity index is 519. The Kier molecular flexibility index (Phi) is 4.88. The van der Waals surface area contributed by atoms with Gasteiger partial charge in [-0.2, -0.15) is 4.98 Å². The van der Waals surface area contributed by atoms with E-state index in [0.29, 0.717) is 24.3 Å². The number of carboxylic acids is 1. The van der Waals surface area contributed by atoms with Crippen molar-refractivity contribution in [3.05, 3.63) is 11.8 Å². The summed E-state index contributed by atoms with van der Waals surface area (Å²) in [7, 11) is 3.84. The second-order valence-electron chi connectivity index (χ2n) is 6.78. The molecule has 2 unspecified atom stereocenters. The first kappa shape index (κ1) is 16.5. The van der Waals surface area contributed by atoms with E-state index in [-0.39, 0.29) is 5.92 Å². The molecule has 2 heterocycles. The summed E-state index contributed by atoms with van der Waals surface area (Å²) in [5.74, 6) is 1.10. The van der Waals surface area contributed by atoms with Gasteiger partial charge in [0.05, 0.1) is 11.6 Å². The molecule has 1 aromatic heterocycles. The minimum atomic E-state index is -0.720. The molecule has 0 aromatic carbocycles. The summed E-state index contributed by atoms with van der Waals surface area (Å²) >= 11 is 0. The number of anilines is 2. The van der Waals surface area contributed by atoms with Crippen LogP contribution in [0.2, 0.25) is 0 Å². The maximum Gasteiger partial charge on any atom is 0.308 e. The molecule has 6 nitrogen and oxygen atoms in total. The van der Waals surface area contributed by atoms with Gasteiger partial charge in [-0.05, 0) is 18.3 Å². The summed E-state index contributed by atoms with van der Waals surface area (Å²) in [6, 6.07) is 1.99. The third-order valence-electron chi connectivity index (χ3n) is 4.05. The van der Waals surface area contributed by atoms with Crippen LogP contribution in [0.3, 0.4) is 0 Å². The molecule has 0 spiro atoms. The number of piperidine rings is 1. The van der Waals surface area contributed by atoms with E-state index in [1.807, 2.05) is 25.1 Å². The summed E-state index contributed by atoms with van der Waals surface area (Å²) in [6.07, 6.45) is 0.731. The zero-order valence-electron chi connectivity index (χ0n) is 14.1. The van der Waals surface area contributed by atoms with Gasteiger partial charge in [-0.3, -0.25) is 4.79 Å². The van der Waals surface area contributed by atoms with E-state index in [4.69, 9.17) is 0 Å². The zero-order chi connectivity index (χ0) is 16.4. The third-order valence-corrected chi connectivity index (χ3v) is 4.05. The molecule has 6 heteroatoms. The van der Waals surface area contributed by atoms with E-state index in [1.165, 1.54) is 0 Å². The van der Waals surface area contributed by atoms with Crippen LogP contribution in [-0.4, -0.2) is 48.2 Å². The van der Waals surface area contributed by atoms with Crippen LogP contribution in [0.4, 0.5) is 11.8 Å². The van der Waals surface area contributed by atoms with Crippen molar-refractivity contribution >= 4 is 17.7 Å². The van der Waals surface area contributed by atoms with E-state index in [0.717, 1.165) is 24.5 Å². The molecule has 0 aliphatic carbocycles. The molecule has 0 saturated carbocycles. The lowest BCUT2D eigenvalue weighted by Crippen LogP contribution is -2.43. The largest absolute Gasteiger partial charge is 0.481 e. The molecule has 22 heavy (non-hydrogen) atoms. The Morgan fingerprint density at radius 1 is 1.36 bits per heavy atom. The number of aromatic nitrogens is 2. The van der Waals surface area contributed by atoms with Gasteiger partial charge in [-0.1, -0.05) is 20.8 Å². The highest BCUT2D eigenvalue weighted by atomic mass is 16.4. The summed E-state index contributed by atoms with van der Waals surface area (Å²) < 4.78 is 0. The number of carboxylic acid groups (broad SMARTS) is 1. The van der Waals surface area contributed by atoms with Gasteiger partial charge in [0.1, 0.15) is 5.82 Å². The Morgan fingerprint density at radius 3 is 2.59 bits per heavy atom. The highest BCUT2D eigenvalue weighted by Crippen LogP contribution is 2.28. The second-order valence-corrected chi connectivity index (χ2v) is 6.78. The van der Waals surface area contributed by atoms with E-state index >= 15 is 0 Å². The van der Waals surface area contributed by atoms with E-state index in [1.54, 1.807) is 0 Å². The molecule has 1 aliphatic heterocycles. The molecular weight excluding hydrogens is 280 g/mol. The van der Waals surface area contributed by atoms with Crippen LogP contribution in [0.25, 0.3) is 0 Å². The minimum Gasteiger partial charge on any atom is -0.481 e. The smallest absolute Gasteiger partial charge is 0.308 e. The SMILES string of the molecule is CC1CC(C(=O)O)CN(c2cc(C(C)C)nc(N(C)C)n2)C1. The molecule has 0 radical (unpaired) electrons. The van der Waals surface area contributed by atoms with Crippen molar-refractivity contribution < 1.29 is 9.90 Å². The maximum absolute atomic E-state index is 11.4. The lowest BCUT2D eigenvalue weighted by molar-refractivity contribution is -0.142. The van der Waals surface area contributed by atoms with Crippen LogP contribution < -0.4 is 9.80 Å². The summed E-state index contributed by atoms with van der Waals surface area (Å²) in [5, 5.41) is 9.34. The van der Waals surface area contributed by atoms with Crippen LogP contribution in [0, 0.1) is 11.8 Å². The van der Waals surface area contributed by atoms with Gasteiger partial charge in [0, 0.05) is 33.3 Å². The average molecular weight is 306 g/mol. The third kappa shape index (κ3) is 3.67. The topological polar surface area (TPSA) is 69.6 Å². The number of carbonyl (C=O) groups is 1. The van der Waals surface area contributed by atoms with E-state index < -0.39 is 5.97 Å². The molecule has 1 N–H and O–H groups in total. The second kappa shape index (κ2) is 6.50. The maximum atomic E-state index is 11.4. The van der Waals surface area contributed by atoms with Crippen LogP contribution in [0.15, 0.2) is 6.07 Å². The van der Waals surface area contributed by atoms with Crippen molar-refractivity contribution in [3.63, 3.8) is 0 Å². The van der Waals surface area contributed by atoms with Gasteiger partial charge >= 0.3 is 5.97 Å². The molecule has 1 saturated heterocycles. The quantitative estimate of drug-likeness (QED) is 0.920. The lowest BCUT2D eigenvalue weighted by Gasteiger charge is -2.36. The first-order chi connectivity index (χ1) is 10.3. The molecular formula is C16H26N4O2. The monoisotopic (exact) mass is 306 g/mol. The summed E-state index contributed by atoms with van der Waals surface area (Å²) in [6.45, 7) is 7.65. The number of rotatable bonds is 4. The normalized spacial score (nSPS) is 22.0. The molecule has 1 fully saturated rings. The van der Waals surface area contributed by atoms with Crippen molar-refractivity contribution in [2.75, 3.05) is 37.0 Å². The van der Waals surface area contributed by atoms with Crippen molar-refractivity contribution in [1.29, 1.82) is 0 Å². The highest BCUT2D eigenvalue weighted by molar-refractivity contribution is 5.71. The summed E-state index contributed by atoms with van der Waals surface area (Å²) in [5.41, 5.74) is 0.985. The van der Waals surface area contributed by atoms with Crippen molar-refractivity contribution in [2.24, 2.45) is 11.8 Å². The van der Waals surface area contributed by atoms with Crippen LogP contribution >= 0.6 is 0 Å². The number of aliphatic carboxylic acids is 1. The molecule has 1 aliphatic rings. The van der Waals surface area contributed by atoms with E-state index in [9.17, 15) is 9.90 Å². The molecule has 2 atom stereocenters. The summed E-state index contributed by atoms with van der Waals surface area (Å²) in [4.78, 5) is 24.5. The standard InChI is InChI=1S/C16H26N4O2/c1-10(2)13-7-14(18-16(17-13)19(4)5)20-8-11(3)6-12(9-20)15(21)22/h7,10-12H,6,8-9H2,1-5H3,(H,21,22). The first-order valence-corrected chi connectivity index (χ1v) is 7.82. The fraction of sp³-hybridized carbons (Fsp3) is 0.688. The van der Waals surface area contributed by atoms with Crippen molar-refractivity contribution in [3.8, 4) is 0 Å². The number of hydrogen-bond acceptors (Lipinski definition) is 5. The molecule has 0 amide bonds. The molecule has 2 rings (SSSR count). The predicted molar refractivity (Wildman–Crippen MR) is 87.6 cm³/mol. The van der Waals surface area contributed by atoms with Gasteiger partial charge < -0.3 is 14.9 Å². The number of hydrogen-bond donors (Lipinski definition) is 1. The van der Waals surface area contributed by atoms with Crippen LogP contribution in [-0.2, 0) is 4.79 Å². The van der Waals surface area contributed by atoms with Gasteiger partial charge in [0.25, 0.3) is 0 Å². The molecule has 0 bridgehead atoms. The fourth-order valence-corrected chi connectivity index (χ4v) is 2.82. The van der Waals surface area contributed by atoms with Crippen LogP contribution in [0.5, 0.6) is 0 Å². The highest BCUT2D eigenvalue weighted by Gasteiger charge is 2.30. The van der Waals surface area contributed by atoms with Crippen LogP contribution in [0.1, 0.15) is 38.8 Å². The predicted octanol–water partition coefficient (Wildman–Crippen LogP) is 2.21. The first-order valence-electron chi connectivity index (χ1n) is 7.82. The Balaban J connectivity index is 2.35. The molecule has 1 aromatic rings. The van der Waals surface area contributed by atoms with Gasteiger partial charge in [-0.25, -0.2) is 4.98 Å². The average Bonchev–Trinajstić information content (AvgIpc) is 2.45. The van der Waals surface area contributed by atoms with Crippen molar-refractivity contribution in [2.45, 2.75) is 33.1 Å². The number of nitrogens with zero attached hydrogens (tertiary/aromatic N) is 4. The Morgan fingerprint density at radius 2 is 2.05 bits per heavy atom. The Hall–Kier alpha value is -1.85. The Labute approximate surface area is 132 Å². The fourth-order valence-electron chi connectivity index (χ4n) is 2.82. The van der Waals surface area contributed by atoms with Gasteiger partial charge in [-0.15, -0.1) is 0 Å². The van der Waals surface area contributed by atoms with Crippen molar-refractivity contribution in [1.82, 2.24) is 9.97 Å². The van der Waals surface area contributed by atoms with Gasteiger partial charge in [0.15, 0.2) is 0 Å².